The van der Waals surface area contributed by atoms with Crippen LogP contribution < -0.4 is 5.32 Å². The molecule has 2 rings (SSSR count). The zero-order valence-electron chi connectivity index (χ0n) is 12.1. The van der Waals surface area contributed by atoms with Crippen LogP contribution in [0.15, 0.2) is 18.2 Å². The Bertz CT molecular complexity index is 445. The van der Waals surface area contributed by atoms with Crippen LogP contribution in [0.25, 0.3) is 0 Å². The first-order valence-electron chi connectivity index (χ1n) is 6.75. The van der Waals surface area contributed by atoms with Gasteiger partial charge in [-0.3, -0.25) is 0 Å². The van der Waals surface area contributed by atoms with E-state index >= 15 is 0 Å². The Morgan fingerprint density at radius 3 is 2.26 bits per heavy atom. The van der Waals surface area contributed by atoms with Gasteiger partial charge in [0.05, 0.1) is 12.2 Å². The number of nitrogens with one attached hydrogen (secondary N) is 1. The van der Waals surface area contributed by atoms with E-state index in [2.05, 4.69) is 56.1 Å². The first-order valence-corrected chi connectivity index (χ1v) is 7.16. The summed E-state index contributed by atoms with van der Waals surface area (Å²) in [7, 11) is 0. The van der Waals surface area contributed by atoms with Crippen molar-refractivity contribution in [2.24, 2.45) is 0 Å². The number of thiocarbonyl (C=S) groups is 1. The Morgan fingerprint density at radius 2 is 1.74 bits per heavy atom. The summed E-state index contributed by atoms with van der Waals surface area (Å²) >= 11 is 5.54. The Balaban J connectivity index is 2.08. The van der Waals surface area contributed by atoms with Crippen molar-refractivity contribution in [3.8, 4) is 0 Å². The quantitative estimate of drug-likeness (QED) is 0.798. The van der Waals surface area contributed by atoms with Crippen LogP contribution in [0.1, 0.15) is 25.0 Å². The minimum atomic E-state index is 0.224. The van der Waals surface area contributed by atoms with Gasteiger partial charge < -0.3 is 15.0 Å². The molecule has 0 radical (unpaired) electrons. The van der Waals surface area contributed by atoms with Crippen LogP contribution in [-0.2, 0) is 4.74 Å². The van der Waals surface area contributed by atoms with E-state index in [0.29, 0.717) is 0 Å². The number of ether oxygens (including phenoxy) is 1. The SMILES string of the molecule is Cc1cccc(C)c1NC(=S)N1C[C@@H](C)O[C@H](C)C1. The molecule has 19 heavy (non-hydrogen) atoms. The number of hydrogen-bond donors (Lipinski definition) is 1. The lowest BCUT2D eigenvalue weighted by molar-refractivity contribution is -0.0473. The molecule has 1 N–H and O–H groups in total. The molecule has 0 aromatic heterocycles. The third kappa shape index (κ3) is 3.45. The predicted molar refractivity (Wildman–Crippen MR) is 83.7 cm³/mol. The average molecular weight is 278 g/mol. The second kappa shape index (κ2) is 5.88. The van der Waals surface area contributed by atoms with E-state index < -0.39 is 0 Å². The minimum Gasteiger partial charge on any atom is -0.372 e. The molecule has 0 bridgehead atoms. The van der Waals surface area contributed by atoms with Gasteiger partial charge >= 0.3 is 0 Å². The molecule has 4 heteroatoms. The van der Waals surface area contributed by atoms with Crippen molar-refractivity contribution in [2.45, 2.75) is 39.9 Å². The molecule has 104 valence electrons. The van der Waals surface area contributed by atoms with E-state index in [0.717, 1.165) is 23.9 Å². The molecule has 1 aliphatic heterocycles. The topological polar surface area (TPSA) is 24.5 Å². The van der Waals surface area contributed by atoms with Gasteiger partial charge in [-0.25, -0.2) is 0 Å². The fraction of sp³-hybridized carbons (Fsp3) is 0.533. The first kappa shape index (κ1) is 14.3. The molecule has 0 aliphatic carbocycles. The minimum absolute atomic E-state index is 0.224. The average Bonchev–Trinajstić information content (AvgIpc) is 2.32. The summed E-state index contributed by atoms with van der Waals surface area (Å²) in [5.41, 5.74) is 3.56. The zero-order chi connectivity index (χ0) is 14.0. The van der Waals surface area contributed by atoms with Crippen LogP contribution in [0.3, 0.4) is 0 Å². The molecule has 3 nitrogen and oxygen atoms in total. The first-order chi connectivity index (χ1) is 8.97. The van der Waals surface area contributed by atoms with Gasteiger partial charge in [-0.2, -0.15) is 0 Å². The highest BCUT2D eigenvalue weighted by Gasteiger charge is 2.24. The molecule has 1 saturated heterocycles. The van der Waals surface area contributed by atoms with E-state index in [1.807, 2.05) is 0 Å². The van der Waals surface area contributed by atoms with Crippen LogP contribution >= 0.6 is 12.2 Å². The normalized spacial score (nSPS) is 23.3. The second-order valence-corrected chi connectivity index (χ2v) is 5.75. The molecule has 1 heterocycles. The summed E-state index contributed by atoms with van der Waals surface area (Å²) in [5.74, 6) is 0. The third-order valence-corrected chi connectivity index (χ3v) is 3.78. The van der Waals surface area contributed by atoms with Gasteiger partial charge in [-0.15, -0.1) is 0 Å². The Kier molecular flexibility index (Phi) is 4.42. The van der Waals surface area contributed by atoms with Crippen molar-refractivity contribution in [1.29, 1.82) is 0 Å². The lowest BCUT2D eigenvalue weighted by Crippen LogP contribution is -2.49. The zero-order valence-corrected chi connectivity index (χ0v) is 12.9. The number of hydrogen-bond acceptors (Lipinski definition) is 2. The van der Waals surface area contributed by atoms with Gasteiger partial charge in [0.2, 0.25) is 0 Å². The number of para-hydroxylation sites is 1. The molecule has 1 fully saturated rings. The number of benzene rings is 1. The molecular formula is C15H22N2OS. The number of anilines is 1. The van der Waals surface area contributed by atoms with Crippen LogP contribution in [0.5, 0.6) is 0 Å². The summed E-state index contributed by atoms with van der Waals surface area (Å²) in [6.07, 6.45) is 0.447. The predicted octanol–water partition coefficient (Wildman–Crippen LogP) is 3.11. The molecular weight excluding hydrogens is 256 g/mol. The van der Waals surface area contributed by atoms with Crippen molar-refractivity contribution in [2.75, 3.05) is 18.4 Å². The smallest absolute Gasteiger partial charge is 0.173 e. The molecule has 1 aromatic carbocycles. The van der Waals surface area contributed by atoms with Gasteiger partial charge in [-0.1, -0.05) is 18.2 Å². The highest BCUT2D eigenvalue weighted by Crippen LogP contribution is 2.21. The molecule has 1 aliphatic rings. The van der Waals surface area contributed by atoms with Gasteiger partial charge in [0.15, 0.2) is 5.11 Å². The summed E-state index contributed by atoms with van der Waals surface area (Å²) in [4.78, 5) is 2.19. The van der Waals surface area contributed by atoms with E-state index in [1.165, 1.54) is 11.1 Å². The lowest BCUT2D eigenvalue weighted by Gasteiger charge is -2.37. The maximum absolute atomic E-state index is 5.74. The fourth-order valence-electron chi connectivity index (χ4n) is 2.54. The molecule has 1 aromatic rings. The number of rotatable bonds is 1. The number of aryl methyl sites for hydroxylation is 2. The molecule has 2 atom stereocenters. The number of nitrogens with zero attached hydrogens (tertiary/aromatic N) is 1. The van der Waals surface area contributed by atoms with Crippen LogP contribution in [-0.4, -0.2) is 35.3 Å². The van der Waals surface area contributed by atoms with Gasteiger partial charge in [0, 0.05) is 18.8 Å². The Labute approximate surface area is 120 Å². The van der Waals surface area contributed by atoms with E-state index in [-0.39, 0.29) is 12.2 Å². The fourth-order valence-corrected chi connectivity index (χ4v) is 2.79. The van der Waals surface area contributed by atoms with Crippen molar-refractivity contribution < 1.29 is 4.74 Å². The Hall–Kier alpha value is -1.13. The molecule has 0 saturated carbocycles. The maximum Gasteiger partial charge on any atom is 0.173 e. The maximum atomic E-state index is 5.74. The summed E-state index contributed by atoms with van der Waals surface area (Å²) in [6.45, 7) is 10.1. The summed E-state index contributed by atoms with van der Waals surface area (Å²) in [5, 5.41) is 4.18. The molecule has 0 amide bonds. The van der Waals surface area contributed by atoms with E-state index in [9.17, 15) is 0 Å². The largest absolute Gasteiger partial charge is 0.372 e. The van der Waals surface area contributed by atoms with Gasteiger partial charge in [0.25, 0.3) is 0 Å². The second-order valence-electron chi connectivity index (χ2n) is 5.36. The van der Waals surface area contributed by atoms with Gasteiger partial charge in [-0.05, 0) is 51.0 Å². The Morgan fingerprint density at radius 1 is 1.21 bits per heavy atom. The van der Waals surface area contributed by atoms with Crippen LogP contribution in [0.2, 0.25) is 0 Å². The van der Waals surface area contributed by atoms with Crippen molar-refractivity contribution in [3.63, 3.8) is 0 Å². The summed E-state index contributed by atoms with van der Waals surface area (Å²) < 4.78 is 5.74. The summed E-state index contributed by atoms with van der Waals surface area (Å²) in [6, 6.07) is 6.27. The standard InChI is InChI=1S/C15H22N2OS/c1-10-6-5-7-11(2)14(10)16-15(19)17-8-12(3)18-13(4)9-17/h5-7,12-13H,8-9H2,1-4H3,(H,16,19)/t12-,13-/m1/s1. The van der Waals surface area contributed by atoms with Crippen LogP contribution in [0.4, 0.5) is 5.69 Å². The van der Waals surface area contributed by atoms with Crippen molar-refractivity contribution in [3.05, 3.63) is 29.3 Å². The highest BCUT2D eigenvalue weighted by atomic mass is 32.1. The van der Waals surface area contributed by atoms with E-state index in [1.54, 1.807) is 0 Å². The lowest BCUT2D eigenvalue weighted by atomic mass is 10.1. The number of morpholine rings is 1. The molecule has 0 unspecified atom stereocenters. The third-order valence-electron chi connectivity index (χ3n) is 3.42. The van der Waals surface area contributed by atoms with Crippen molar-refractivity contribution in [1.82, 2.24) is 4.90 Å². The van der Waals surface area contributed by atoms with Crippen LogP contribution in [0, 0.1) is 13.8 Å². The van der Waals surface area contributed by atoms with Crippen molar-refractivity contribution >= 4 is 23.0 Å². The van der Waals surface area contributed by atoms with E-state index in [4.69, 9.17) is 17.0 Å². The monoisotopic (exact) mass is 278 g/mol. The van der Waals surface area contributed by atoms with Gasteiger partial charge in [0.1, 0.15) is 0 Å². The molecule has 0 spiro atoms. The highest BCUT2D eigenvalue weighted by molar-refractivity contribution is 7.80.